The van der Waals surface area contributed by atoms with Crippen LogP contribution in [0.5, 0.6) is 0 Å². The molecular formula is C16H30O2S2Si. The van der Waals surface area contributed by atoms with Crippen LogP contribution in [-0.2, 0) is 9.22 Å². The first-order chi connectivity index (χ1) is 9.63. The van der Waals surface area contributed by atoms with Crippen LogP contribution in [-0.4, -0.2) is 36.8 Å². The van der Waals surface area contributed by atoms with Gasteiger partial charge in [0.15, 0.2) is 8.32 Å². The van der Waals surface area contributed by atoms with Crippen LogP contribution in [0.1, 0.15) is 34.1 Å². The van der Waals surface area contributed by atoms with Crippen molar-refractivity contribution in [3.8, 4) is 0 Å². The number of carbonyl (C=O) groups is 1. The maximum Gasteiger partial charge on any atom is 0.191 e. The standard InChI is InChI=1S/C16H30O2S2Si/c1-12-14(11-18-21(5,6)15(2,3)4)13(10-17)9-16(12)19-7-8-20-16/h10,12-14H,7-9,11H2,1-6H3/t12-,13-,14-/m0/s1. The zero-order valence-electron chi connectivity index (χ0n) is 14.3. The van der Waals surface area contributed by atoms with Crippen molar-refractivity contribution >= 4 is 38.1 Å². The van der Waals surface area contributed by atoms with Gasteiger partial charge in [0.05, 0.1) is 4.08 Å². The summed E-state index contributed by atoms with van der Waals surface area (Å²) in [4.78, 5) is 11.6. The lowest BCUT2D eigenvalue weighted by molar-refractivity contribution is -0.112. The van der Waals surface area contributed by atoms with Crippen molar-refractivity contribution in [2.24, 2.45) is 17.8 Å². The average Bonchev–Trinajstić information content (AvgIpc) is 2.94. The topological polar surface area (TPSA) is 26.3 Å². The van der Waals surface area contributed by atoms with Gasteiger partial charge >= 0.3 is 0 Å². The zero-order valence-corrected chi connectivity index (χ0v) is 16.9. The molecular weight excluding hydrogens is 316 g/mol. The van der Waals surface area contributed by atoms with E-state index in [1.807, 2.05) is 0 Å². The van der Waals surface area contributed by atoms with Crippen molar-refractivity contribution < 1.29 is 9.22 Å². The van der Waals surface area contributed by atoms with E-state index < -0.39 is 8.32 Å². The van der Waals surface area contributed by atoms with E-state index in [0.29, 0.717) is 11.8 Å². The Hall–Kier alpha value is 0.547. The van der Waals surface area contributed by atoms with Crippen molar-refractivity contribution in [2.45, 2.75) is 56.3 Å². The third kappa shape index (κ3) is 3.41. The van der Waals surface area contributed by atoms with Crippen LogP contribution < -0.4 is 0 Å². The van der Waals surface area contributed by atoms with Crippen LogP contribution >= 0.6 is 23.5 Å². The van der Waals surface area contributed by atoms with Gasteiger partial charge in [-0.1, -0.05) is 27.7 Å². The fraction of sp³-hybridized carbons (Fsp3) is 0.938. The van der Waals surface area contributed by atoms with E-state index in [4.69, 9.17) is 4.43 Å². The van der Waals surface area contributed by atoms with Gasteiger partial charge in [-0.25, -0.2) is 0 Å². The van der Waals surface area contributed by atoms with Crippen LogP contribution in [0, 0.1) is 17.8 Å². The molecule has 1 aliphatic carbocycles. The highest BCUT2D eigenvalue weighted by atomic mass is 32.2. The normalized spacial score (nSPS) is 32.8. The Kier molecular flexibility index (Phi) is 5.29. The molecule has 2 nitrogen and oxygen atoms in total. The molecule has 0 unspecified atom stereocenters. The lowest BCUT2D eigenvalue weighted by Crippen LogP contribution is -2.43. The molecule has 0 amide bonds. The maximum absolute atomic E-state index is 11.6. The molecule has 1 aliphatic heterocycles. The minimum atomic E-state index is -1.73. The smallest absolute Gasteiger partial charge is 0.191 e. The van der Waals surface area contributed by atoms with Gasteiger partial charge in [-0.15, -0.1) is 23.5 Å². The van der Waals surface area contributed by atoms with E-state index in [0.717, 1.165) is 13.0 Å². The van der Waals surface area contributed by atoms with Gasteiger partial charge in [-0.05, 0) is 36.4 Å². The molecule has 21 heavy (non-hydrogen) atoms. The van der Waals surface area contributed by atoms with Crippen LogP contribution in [0.2, 0.25) is 18.1 Å². The largest absolute Gasteiger partial charge is 0.417 e. The zero-order chi connectivity index (χ0) is 15.9. The number of rotatable bonds is 4. The van der Waals surface area contributed by atoms with Gasteiger partial charge in [-0.3, -0.25) is 0 Å². The molecule has 1 heterocycles. The van der Waals surface area contributed by atoms with E-state index >= 15 is 0 Å². The molecule has 2 aliphatic rings. The predicted molar refractivity (Wildman–Crippen MR) is 97.6 cm³/mol. The quantitative estimate of drug-likeness (QED) is 0.546. The summed E-state index contributed by atoms with van der Waals surface area (Å²) in [5, 5.41) is 0.236. The summed E-state index contributed by atoms with van der Waals surface area (Å²) >= 11 is 4.16. The summed E-state index contributed by atoms with van der Waals surface area (Å²) in [6.07, 6.45) is 2.24. The Balaban J connectivity index is 2.06. The molecule has 0 radical (unpaired) electrons. The molecule has 122 valence electrons. The number of hydrogen-bond donors (Lipinski definition) is 0. The Morgan fingerprint density at radius 1 is 1.29 bits per heavy atom. The van der Waals surface area contributed by atoms with Gasteiger partial charge in [0, 0.05) is 24.0 Å². The highest BCUT2D eigenvalue weighted by Gasteiger charge is 2.54. The highest BCUT2D eigenvalue weighted by molar-refractivity contribution is 8.21. The first kappa shape index (κ1) is 17.9. The van der Waals surface area contributed by atoms with Crippen LogP contribution in [0.4, 0.5) is 0 Å². The summed E-state index contributed by atoms with van der Waals surface area (Å²) in [5.74, 6) is 3.61. The van der Waals surface area contributed by atoms with Gasteiger partial charge in [-0.2, -0.15) is 0 Å². The van der Waals surface area contributed by atoms with Gasteiger partial charge in [0.1, 0.15) is 6.29 Å². The summed E-state index contributed by atoms with van der Waals surface area (Å²) < 4.78 is 6.73. The van der Waals surface area contributed by atoms with Crippen LogP contribution in [0.3, 0.4) is 0 Å². The Labute approximate surface area is 139 Å². The molecule has 0 aromatic carbocycles. The number of aldehydes is 1. The van der Waals surface area contributed by atoms with Crippen molar-refractivity contribution in [3.05, 3.63) is 0 Å². The number of hydrogen-bond acceptors (Lipinski definition) is 4. The molecule has 5 heteroatoms. The molecule has 1 saturated heterocycles. The van der Waals surface area contributed by atoms with E-state index in [1.165, 1.54) is 17.8 Å². The molecule has 2 fully saturated rings. The Bertz CT molecular complexity index is 386. The third-order valence-corrected chi connectivity index (χ3v) is 14.1. The van der Waals surface area contributed by atoms with Gasteiger partial charge < -0.3 is 9.22 Å². The van der Waals surface area contributed by atoms with Crippen LogP contribution in [0.25, 0.3) is 0 Å². The van der Waals surface area contributed by atoms with E-state index in [1.54, 1.807) is 0 Å². The molecule has 0 bridgehead atoms. The summed E-state index contributed by atoms with van der Waals surface area (Å²) in [6.45, 7) is 14.5. The molecule has 1 saturated carbocycles. The van der Waals surface area contributed by atoms with Crippen molar-refractivity contribution in [2.75, 3.05) is 18.1 Å². The SMILES string of the molecule is C[C@H]1[C@H](CO[Si](C)(C)C(C)(C)C)[C@H](C=O)CC12SCCS2. The fourth-order valence-corrected chi connectivity index (χ4v) is 7.88. The lowest BCUT2D eigenvalue weighted by atomic mass is 9.92. The first-order valence-corrected chi connectivity index (χ1v) is 12.9. The molecule has 0 aromatic heterocycles. The second-order valence-corrected chi connectivity index (χ2v) is 16.0. The van der Waals surface area contributed by atoms with Crippen molar-refractivity contribution in [1.82, 2.24) is 0 Å². The molecule has 3 atom stereocenters. The number of thioether (sulfide) groups is 2. The predicted octanol–water partition coefficient (Wildman–Crippen LogP) is 4.66. The van der Waals surface area contributed by atoms with Gasteiger partial charge in [0.2, 0.25) is 0 Å². The summed E-state index contributed by atoms with van der Waals surface area (Å²) in [6, 6.07) is 0. The Morgan fingerprint density at radius 3 is 2.33 bits per heavy atom. The second kappa shape index (κ2) is 6.21. The first-order valence-electron chi connectivity index (χ1n) is 8.00. The third-order valence-electron chi connectivity index (χ3n) is 5.80. The van der Waals surface area contributed by atoms with Crippen molar-refractivity contribution in [3.63, 3.8) is 0 Å². The molecule has 1 spiro atoms. The van der Waals surface area contributed by atoms with Crippen LogP contribution in [0.15, 0.2) is 0 Å². The minimum Gasteiger partial charge on any atom is -0.417 e. The fourth-order valence-electron chi connectivity index (χ4n) is 3.15. The number of carbonyl (C=O) groups excluding carboxylic acids is 1. The maximum atomic E-state index is 11.6. The van der Waals surface area contributed by atoms with Crippen molar-refractivity contribution in [1.29, 1.82) is 0 Å². The lowest BCUT2D eigenvalue weighted by Gasteiger charge is -2.38. The van der Waals surface area contributed by atoms with E-state index in [-0.39, 0.29) is 15.0 Å². The molecule has 2 rings (SSSR count). The summed E-state index contributed by atoms with van der Waals surface area (Å²) in [5.41, 5.74) is 0. The molecule has 0 aromatic rings. The summed E-state index contributed by atoms with van der Waals surface area (Å²) in [7, 11) is -1.73. The van der Waals surface area contributed by atoms with E-state index in [9.17, 15) is 4.79 Å². The van der Waals surface area contributed by atoms with E-state index in [2.05, 4.69) is 64.3 Å². The monoisotopic (exact) mass is 346 g/mol. The van der Waals surface area contributed by atoms with Gasteiger partial charge in [0.25, 0.3) is 0 Å². The molecule has 0 N–H and O–H groups in total. The second-order valence-electron chi connectivity index (χ2n) is 8.04. The Morgan fingerprint density at radius 2 is 1.86 bits per heavy atom. The highest BCUT2D eigenvalue weighted by Crippen LogP contribution is 2.60. The average molecular weight is 347 g/mol. The minimum absolute atomic E-state index is 0.183.